The lowest BCUT2D eigenvalue weighted by molar-refractivity contribution is -0.113. The Morgan fingerprint density at radius 2 is 1.89 bits per heavy atom. The maximum Gasteiger partial charge on any atom is 0.245 e. The molecule has 2 heterocycles. The Labute approximate surface area is 163 Å². The Bertz CT molecular complexity index is 898. The summed E-state index contributed by atoms with van der Waals surface area (Å²) in [6.45, 7) is 2.87. The van der Waals surface area contributed by atoms with Crippen LogP contribution < -0.4 is 5.32 Å². The molecule has 9 heteroatoms. The number of thioether (sulfide) groups is 1. The molecule has 0 unspecified atom stereocenters. The Balaban J connectivity index is 1.76. The SMILES string of the molecule is Cc1ccc(NC(=O)CSc2ncccn2)c(S(=O)(=O)N2CCCCC2)c1. The number of amides is 1. The van der Waals surface area contributed by atoms with Crippen LogP contribution >= 0.6 is 11.8 Å². The topological polar surface area (TPSA) is 92.3 Å². The first-order valence-electron chi connectivity index (χ1n) is 8.77. The molecule has 0 radical (unpaired) electrons. The minimum absolute atomic E-state index is 0.0983. The van der Waals surface area contributed by atoms with Crippen LogP contribution in [0.3, 0.4) is 0 Å². The number of nitrogens with zero attached hydrogens (tertiary/aromatic N) is 3. The van der Waals surface area contributed by atoms with Gasteiger partial charge in [0.25, 0.3) is 0 Å². The summed E-state index contributed by atoms with van der Waals surface area (Å²) in [6, 6.07) is 6.76. The quantitative estimate of drug-likeness (QED) is 0.586. The van der Waals surface area contributed by atoms with Crippen molar-refractivity contribution >= 4 is 33.4 Å². The van der Waals surface area contributed by atoms with E-state index in [2.05, 4.69) is 15.3 Å². The number of hydrogen-bond donors (Lipinski definition) is 1. The van der Waals surface area contributed by atoms with Gasteiger partial charge in [-0.15, -0.1) is 0 Å². The molecule has 1 N–H and O–H groups in total. The zero-order chi connectivity index (χ0) is 19.3. The van der Waals surface area contributed by atoms with Crippen molar-refractivity contribution in [2.75, 3.05) is 24.2 Å². The van der Waals surface area contributed by atoms with E-state index in [4.69, 9.17) is 0 Å². The largest absolute Gasteiger partial charge is 0.324 e. The Kier molecular flexibility index (Phi) is 6.46. The lowest BCUT2D eigenvalue weighted by Gasteiger charge is -2.27. The van der Waals surface area contributed by atoms with E-state index < -0.39 is 10.0 Å². The van der Waals surface area contributed by atoms with E-state index >= 15 is 0 Å². The molecule has 1 aliphatic heterocycles. The van der Waals surface area contributed by atoms with Crippen molar-refractivity contribution in [2.45, 2.75) is 36.2 Å². The zero-order valence-corrected chi connectivity index (χ0v) is 16.7. The summed E-state index contributed by atoms with van der Waals surface area (Å²) in [5.74, 6) is -0.201. The van der Waals surface area contributed by atoms with Crippen LogP contribution in [-0.4, -0.2) is 47.4 Å². The van der Waals surface area contributed by atoms with Crippen LogP contribution in [0.15, 0.2) is 46.7 Å². The summed E-state index contributed by atoms with van der Waals surface area (Å²) < 4.78 is 27.6. The molecule has 2 aromatic rings. The fourth-order valence-electron chi connectivity index (χ4n) is 2.87. The number of nitrogens with one attached hydrogen (secondary N) is 1. The molecular weight excluding hydrogens is 384 g/mol. The van der Waals surface area contributed by atoms with Crippen molar-refractivity contribution < 1.29 is 13.2 Å². The first-order valence-corrected chi connectivity index (χ1v) is 11.2. The van der Waals surface area contributed by atoms with Gasteiger partial charge < -0.3 is 5.32 Å². The van der Waals surface area contributed by atoms with Crippen LogP contribution in [0.1, 0.15) is 24.8 Å². The molecule has 0 bridgehead atoms. The third kappa shape index (κ3) is 5.06. The van der Waals surface area contributed by atoms with Crippen LogP contribution in [0, 0.1) is 6.92 Å². The van der Waals surface area contributed by atoms with Gasteiger partial charge in [-0.1, -0.05) is 24.2 Å². The number of aryl methyl sites for hydroxylation is 1. The van der Waals surface area contributed by atoms with Crippen molar-refractivity contribution in [1.29, 1.82) is 0 Å². The van der Waals surface area contributed by atoms with Gasteiger partial charge in [-0.05, 0) is 43.5 Å². The molecule has 1 amide bonds. The van der Waals surface area contributed by atoms with Crippen molar-refractivity contribution in [3.63, 3.8) is 0 Å². The van der Waals surface area contributed by atoms with Gasteiger partial charge in [-0.3, -0.25) is 4.79 Å². The van der Waals surface area contributed by atoms with Crippen molar-refractivity contribution in [2.24, 2.45) is 0 Å². The fraction of sp³-hybridized carbons (Fsp3) is 0.389. The standard InChI is InChI=1S/C18H22N4O3S2/c1-14-6-7-15(21-17(23)13-26-18-19-8-5-9-20-18)16(12-14)27(24,25)22-10-3-2-4-11-22/h5-9,12H,2-4,10-11,13H2,1H3,(H,21,23). The Morgan fingerprint density at radius 1 is 1.19 bits per heavy atom. The molecule has 1 saturated heterocycles. The number of carbonyl (C=O) groups is 1. The van der Waals surface area contributed by atoms with Crippen LogP contribution in [0.4, 0.5) is 5.69 Å². The first kappa shape index (κ1) is 19.8. The monoisotopic (exact) mass is 406 g/mol. The smallest absolute Gasteiger partial charge is 0.245 e. The van der Waals surface area contributed by atoms with Crippen molar-refractivity contribution in [3.05, 3.63) is 42.2 Å². The van der Waals surface area contributed by atoms with Crippen LogP contribution in [0.25, 0.3) is 0 Å². The highest BCUT2D eigenvalue weighted by Crippen LogP contribution is 2.28. The molecule has 27 heavy (non-hydrogen) atoms. The lowest BCUT2D eigenvalue weighted by Crippen LogP contribution is -2.36. The van der Waals surface area contributed by atoms with Crippen LogP contribution in [0.2, 0.25) is 0 Å². The van der Waals surface area contributed by atoms with E-state index in [1.54, 1.807) is 36.7 Å². The summed E-state index contributed by atoms with van der Waals surface area (Å²) in [7, 11) is -3.64. The van der Waals surface area contributed by atoms with E-state index in [1.165, 1.54) is 16.1 Å². The number of anilines is 1. The summed E-state index contributed by atoms with van der Waals surface area (Å²) in [4.78, 5) is 20.6. The summed E-state index contributed by atoms with van der Waals surface area (Å²) in [6.07, 6.45) is 5.98. The van der Waals surface area contributed by atoms with Gasteiger partial charge in [0, 0.05) is 25.5 Å². The number of sulfonamides is 1. The molecule has 0 spiro atoms. The highest BCUT2D eigenvalue weighted by atomic mass is 32.2. The Hall–Kier alpha value is -1.97. The predicted octanol–water partition coefficient (Wildman–Crippen LogP) is 2.69. The summed E-state index contributed by atoms with van der Waals surface area (Å²) in [5.41, 5.74) is 1.14. The second-order valence-corrected chi connectivity index (χ2v) is 9.18. The van der Waals surface area contributed by atoms with Gasteiger partial charge >= 0.3 is 0 Å². The number of carbonyl (C=O) groups excluding carboxylic acids is 1. The highest BCUT2D eigenvalue weighted by molar-refractivity contribution is 7.99. The number of benzene rings is 1. The second kappa shape index (κ2) is 8.81. The zero-order valence-electron chi connectivity index (χ0n) is 15.1. The number of aromatic nitrogens is 2. The van der Waals surface area contributed by atoms with Crippen LogP contribution in [0.5, 0.6) is 0 Å². The molecule has 0 atom stereocenters. The van der Waals surface area contributed by atoms with E-state index in [1.807, 2.05) is 6.92 Å². The van der Waals surface area contributed by atoms with E-state index in [-0.39, 0.29) is 16.6 Å². The predicted molar refractivity (Wildman–Crippen MR) is 105 cm³/mol. The van der Waals surface area contributed by atoms with Gasteiger partial charge in [0.15, 0.2) is 5.16 Å². The Morgan fingerprint density at radius 3 is 2.59 bits per heavy atom. The molecule has 1 aliphatic rings. The van der Waals surface area contributed by atoms with Gasteiger partial charge in [0.05, 0.1) is 11.4 Å². The average molecular weight is 407 g/mol. The third-order valence-corrected chi connectivity index (χ3v) is 7.03. The van der Waals surface area contributed by atoms with Crippen molar-refractivity contribution in [1.82, 2.24) is 14.3 Å². The molecule has 0 saturated carbocycles. The van der Waals surface area contributed by atoms with E-state index in [0.717, 1.165) is 24.8 Å². The molecule has 1 fully saturated rings. The van der Waals surface area contributed by atoms with E-state index in [0.29, 0.717) is 23.9 Å². The molecule has 1 aromatic carbocycles. The molecule has 7 nitrogen and oxygen atoms in total. The van der Waals surface area contributed by atoms with Crippen LogP contribution in [-0.2, 0) is 14.8 Å². The van der Waals surface area contributed by atoms with Gasteiger partial charge in [-0.2, -0.15) is 4.31 Å². The maximum atomic E-state index is 13.1. The van der Waals surface area contributed by atoms with Gasteiger partial charge in [0.1, 0.15) is 4.90 Å². The molecule has 3 rings (SSSR count). The van der Waals surface area contributed by atoms with E-state index in [9.17, 15) is 13.2 Å². The first-order chi connectivity index (χ1) is 13.0. The minimum Gasteiger partial charge on any atom is -0.324 e. The number of hydrogen-bond acceptors (Lipinski definition) is 6. The molecule has 0 aliphatic carbocycles. The second-order valence-electron chi connectivity index (χ2n) is 6.33. The molecular formula is C18H22N4O3S2. The normalized spacial score (nSPS) is 15.4. The highest BCUT2D eigenvalue weighted by Gasteiger charge is 2.28. The number of rotatable bonds is 6. The summed E-state index contributed by atoms with van der Waals surface area (Å²) in [5, 5.41) is 3.23. The average Bonchev–Trinajstić information content (AvgIpc) is 2.69. The van der Waals surface area contributed by atoms with Gasteiger partial charge in [-0.25, -0.2) is 18.4 Å². The minimum atomic E-state index is -3.64. The molecule has 1 aromatic heterocycles. The van der Waals surface area contributed by atoms with Crippen molar-refractivity contribution in [3.8, 4) is 0 Å². The van der Waals surface area contributed by atoms with Gasteiger partial charge in [0.2, 0.25) is 15.9 Å². The third-order valence-electron chi connectivity index (χ3n) is 4.22. The maximum absolute atomic E-state index is 13.1. The fourth-order valence-corrected chi connectivity index (χ4v) is 5.22. The lowest BCUT2D eigenvalue weighted by atomic mass is 10.2. The number of piperidine rings is 1. The molecule has 144 valence electrons. The summed E-state index contributed by atoms with van der Waals surface area (Å²) >= 11 is 1.20.